The third kappa shape index (κ3) is 2.10. The second kappa shape index (κ2) is 5.14. The number of carbonyl (C=O) groups excluding carboxylic acids is 1. The van der Waals surface area contributed by atoms with Gasteiger partial charge in [0.15, 0.2) is 0 Å². The van der Waals surface area contributed by atoms with Crippen molar-refractivity contribution in [2.45, 2.75) is 56.3 Å². The monoisotopic (exact) mass is 289 g/mol. The predicted molar refractivity (Wildman–Crippen MR) is 79.0 cm³/mol. The van der Waals surface area contributed by atoms with Gasteiger partial charge in [-0.2, -0.15) is 0 Å². The summed E-state index contributed by atoms with van der Waals surface area (Å²) >= 11 is 0. The van der Waals surface area contributed by atoms with E-state index in [0.717, 1.165) is 25.1 Å². The quantitative estimate of drug-likeness (QED) is 0.885. The fourth-order valence-corrected chi connectivity index (χ4v) is 3.92. The summed E-state index contributed by atoms with van der Waals surface area (Å²) in [6.07, 6.45) is 7.94. The van der Waals surface area contributed by atoms with Crippen molar-refractivity contribution >= 4 is 5.91 Å². The van der Waals surface area contributed by atoms with Crippen LogP contribution in [0.1, 0.15) is 48.6 Å². The Labute approximate surface area is 124 Å². The Hall–Kier alpha value is -1.33. The van der Waals surface area contributed by atoms with Gasteiger partial charge in [-0.15, -0.1) is 0 Å². The van der Waals surface area contributed by atoms with E-state index in [1.54, 1.807) is 0 Å². The van der Waals surface area contributed by atoms with Crippen LogP contribution in [0.3, 0.4) is 0 Å². The summed E-state index contributed by atoms with van der Waals surface area (Å²) in [4.78, 5) is 12.6. The molecule has 3 fully saturated rings. The summed E-state index contributed by atoms with van der Waals surface area (Å²) in [5, 5.41) is 3.10. The summed E-state index contributed by atoms with van der Waals surface area (Å²) in [6, 6.07) is 4.35. The molecule has 3 N–H and O–H groups in total. The number of hydrogen-bond donors (Lipinski definition) is 2. The second-order valence-corrected chi connectivity index (χ2v) is 6.60. The molecule has 114 valence electrons. The molecule has 4 rings (SSSR count). The average Bonchev–Trinajstić information content (AvgIpc) is 2.91. The first-order chi connectivity index (χ1) is 10.3. The van der Waals surface area contributed by atoms with E-state index in [1.807, 2.05) is 18.3 Å². The second-order valence-electron chi connectivity index (χ2n) is 6.60. The van der Waals surface area contributed by atoms with Crippen LogP contribution >= 0.6 is 0 Å². The molecule has 2 saturated carbocycles. The number of nitrogens with zero attached hydrogens (tertiary/aromatic N) is 1. The Morgan fingerprint density at radius 3 is 2.95 bits per heavy atom. The fourth-order valence-electron chi connectivity index (χ4n) is 3.92. The Morgan fingerprint density at radius 1 is 1.33 bits per heavy atom. The summed E-state index contributed by atoms with van der Waals surface area (Å²) in [6.45, 7) is 0.790. The first kappa shape index (κ1) is 13.3. The Morgan fingerprint density at radius 2 is 2.19 bits per heavy atom. The van der Waals surface area contributed by atoms with Crippen LogP contribution < -0.4 is 11.1 Å². The van der Waals surface area contributed by atoms with Crippen molar-refractivity contribution in [1.29, 1.82) is 0 Å². The summed E-state index contributed by atoms with van der Waals surface area (Å²) < 4.78 is 7.90. The van der Waals surface area contributed by atoms with E-state index in [4.69, 9.17) is 10.5 Å². The SMILES string of the molecule is NC1C2CCCOC2C1NC(=O)c1cccn1C1CCC1. The van der Waals surface area contributed by atoms with Crippen LogP contribution in [0.4, 0.5) is 0 Å². The van der Waals surface area contributed by atoms with Crippen molar-refractivity contribution in [1.82, 2.24) is 9.88 Å². The standard InChI is InChI=1S/C16H23N3O2/c17-13-11-6-3-9-21-15(11)14(13)18-16(20)12-7-2-8-19(12)10-4-1-5-10/h2,7-8,10-11,13-15H,1,3-6,9,17H2,(H,18,20). The van der Waals surface area contributed by atoms with Crippen molar-refractivity contribution in [3.8, 4) is 0 Å². The molecule has 0 aromatic carbocycles. The van der Waals surface area contributed by atoms with Crippen LogP contribution in [0.5, 0.6) is 0 Å². The first-order valence-electron chi connectivity index (χ1n) is 8.10. The fraction of sp³-hybridized carbons (Fsp3) is 0.688. The van der Waals surface area contributed by atoms with Gasteiger partial charge in [-0.1, -0.05) is 0 Å². The van der Waals surface area contributed by atoms with Crippen molar-refractivity contribution < 1.29 is 9.53 Å². The van der Waals surface area contributed by atoms with Gasteiger partial charge < -0.3 is 20.4 Å². The molecule has 2 aliphatic carbocycles. The van der Waals surface area contributed by atoms with E-state index in [9.17, 15) is 4.79 Å². The van der Waals surface area contributed by atoms with Crippen molar-refractivity contribution in [2.24, 2.45) is 11.7 Å². The van der Waals surface area contributed by atoms with E-state index < -0.39 is 0 Å². The number of nitrogens with two attached hydrogens (primary N) is 1. The van der Waals surface area contributed by atoms with Gasteiger partial charge in [0.05, 0.1) is 12.1 Å². The molecule has 5 nitrogen and oxygen atoms in total. The van der Waals surface area contributed by atoms with Crippen molar-refractivity contribution in [3.05, 3.63) is 24.0 Å². The van der Waals surface area contributed by atoms with E-state index in [2.05, 4.69) is 9.88 Å². The number of nitrogens with one attached hydrogen (secondary N) is 1. The molecule has 3 aliphatic rings. The number of rotatable bonds is 3. The third-order valence-corrected chi connectivity index (χ3v) is 5.45. The van der Waals surface area contributed by atoms with Gasteiger partial charge in [0.25, 0.3) is 5.91 Å². The molecule has 1 amide bonds. The number of carbonyl (C=O) groups is 1. The molecule has 2 heterocycles. The van der Waals surface area contributed by atoms with Gasteiger partial charge in [-0.25, -0.2) is 0 Å². The van der Waals surface area contributed by atoms with Gasteiger partial charge in [0, 0.05) is 30.8 Å². The molecule has 4 atom stereocenters. The minimum absolute atomic E-state index is 0.0139. The smallest absolute Gasteiger partial charge is 0.268 e. The first-order valence-corrected chi connectivity index (χ1v) is 8.10. The van der Waals surface area contributed by atoms with Gasteiger partial charge in [0.1, 0.15) is 5.69 Å². The zero-order valence-corrected chi connectivity index (χ0v) is 12.2. The zero-order chi connectivity index (χ0) is 14.4. The molecule has 1 aliphatic heterocycles. The molecule has 4 unspecified atom stereocenters. The molecule has 1 aromatic rings. The highest BCUT2D eigenvalue weighted by molar-refractivity contribution is 5.93. The highest BCUT2D eigenvalue weighted by atomic mass is 16.5. The molecule has 0 spiro atoms. The normalized spacial score (nSPS) is 35.5. The largest absolute Gasteiger partial charge is 0.376 e. The number of fused-ring (bicyclic) bond motifs is 1. The minimum Gasteiger partial charge on any atom is -0.376 e. The van der Waals surface area contributed by atoms with E-state index in [-0.39, 0.29) is 24.1 Å². The summed E-state index contributed by atoms with van der Waals surface area (Å²) in [5.74, 6) is 0.405. The zero-order valence-electron chi connectivity index (χ0n) is 12.2. The molecule has 21 heavy (non-hydrogen) atoms. The molecule has 1 aromatic heterocycles. The maximum Gasteiger partial charge on any atom is 0.268 e. The molecule has 1 saturated heterocycles. The third-order valence-electron chi connectivity index (χ3n) is 5.45. The van der Waals surface area contributed by atoms with Crippen LogP contribution in [-0.2, 0) is 4.74 Å². The van der Waals surface area contributed by atoms with Crippen molar-refractivity contribution in [3.63, 3.8) is 0 Å². The Balaban J connectivity index is 1.45. The molecular formula is C16H23N3O2. The van der Waals surface area contributed by atoms with Crippen LogP contribution in [-0.4, -0.2) is 35.3 Å². The summed E-state index contributed by atoms with van der Waals surface area (Å²) in [7, 11) is 0. The van der Waals surface area contributed by atoms with Crippen LogP contribution in [0.15, 0.2) is 18.3 Å². The van der Waals surface area contributed by atoms with Gasteiger partial charge in [0.2, 0.25) is 0 Å². The maximum atomic E-state index is 12.6. The Bertz CT molecular complexity index is 537. The van der Waals surface area contributed by atoms with Crippen molar-refractivity contribution in [2.75, 3.05) is 6.61 Å². The molecule has 0 radical (unpaired) electrons. The lowest BCUT2D eigenvalue weighted by Crippen LogP contribution is -2.72. The lowest BCUT2D eigenvalue weighted by Gasteiger charge is -2.52. The lowest BCUT2D eigenvalue weighted by atomic mass is 9.68. The van der Waals surface area contributed by atoms with Gasteiger partial charge in [-0.05, 0) is 44.2 Å². The highest BCUT2D eigenvalue weighted by Gasteiger charge is 2.51. The maximum absolute atomic E-state index is 12.6. The van der Waals surface area contributed by atoms with Crippen LogP contribution in [0.2, 0.25) is 0 Å². The number of amides is 1. The van der Waals surface area contributed by atoms with E-state index >= 15 is 0 Å². The molecule has 5 heteroatoms. The topological polar surface area (TPSA) is 69.3 Å². The van der Waals surface area contributed by atoms with Gasteiger partial charge in [-0.3, -0.25) is 4.79 Å². The summed E-state index contributed by atoms with van der Waals surface area (Å²) in [5.41, 5.74) is 6.97. The number of ether oxygens (including phenoxy) is 1. The highest BCUT2D eigenvalue weighted by Crippen LogP contribution is 2.37. The predicted octanol–water partition coefficient (Wildman–Crippen LogP) is 1.45. The van der Waals surface area contributed by atoms with Crippen LogP contribution in [0, 0.1) is 5.92 Å². The van der Waals surface area contributed by atoms with Gasteiger partial charge >= 0.3 is 0 Å². The van der Waals surface area contributed by atoms with E-state index in [0.29, 0.717) is 12.0 Å². The number of aromatic nitrogens is 1. The minimum atomic E-state index is -0.0347. The average molecular weight is 289 g/mol. The Kier molecular flexibility index (Phi) is 3.27. The number of hydrogen-bond acceptors (Lipinski definition) is 3. The molecule has 0 bridgehead atoms. The van der Waals surface area contributed by atoms with E-state index in [1.165, 1.54) is 19.3 Å². The molecular weight excluding hydrogens is 266 g/mol. The lowest BCUT2D eigenvalue weighted by molar-refractivity contribution is -0.117. The van der Waals surface area contributed by atoms with Crippen LogP contribution in [0.25, 0.3) is 0 Å².